The van der Waals surface area contributed by atoms with E-state index in [1.54, 1.807) is 60.7 Å². The van der Waals surface area contributed by atoms with Gasteiger partial charge in [-0.15, -0.1) is 0 Å². The molecule has 0 saturated carbocycles. The summed E-state index contributed by atoms with van der Waals surface area (Å²) in [5, 5.41) is 23.8. The monoisotopic (exact) mass is 449 g/mol. The zero-order chi connectivity index (χ0) is 20.1. The molecule has 1 amide bonds. The van der Waals surface area contributed by atoms with Gasteiger partial charge in [0, 0.05) is 10.9 Å². The van der Waals surface area contributed by atoms with Crippen molar-refractivity contribution in [1.29, 1.82) is 0 Å². The molecular weight excluding hydrogens is 430 g/mol. The molecule has 2 aromatic rings. The quantitative estimate of drug-likeness (QED) is 0.471. The highest BCUT2D eigenvalue weighted by Crippen LogP contribution is 2.25. The fourth-order valence-corrected chi connectivity index (χ4v) is 3.47. The second-order valence-corrected chi connectivity index (χ2v) is 6.96. The van der Waals surface area contributed by atoms with Crippen molar-refractivity contribution < 1.29 is 29.3 Å². The Morgan fingerprint density at radius 2 is 1.57 bits per heavy atom. The summed E-state index contributed by atoms with van der Waals surface area (Å²) < 4.78 is 10.9. The zero-order valence-corrected chi connectivity index (χ0v) is 16.4. The number of carbonyl (C=O) groups is 2. The first-order valence-electron chi connectivity index (χ1n) is 8.70. The second-order valence-electron chi connectivity index (χ2n) is 6.31. The third-order valence-corrected chi connectivity index (χ3v) is 5.07. The SMILES string of the molecule is O=C(N[C@@H]1[C@@H](O)[C@H](OC(=O)c2ccccc2)[C@@H](CBr)O[C@@H]1O)c1ccccc1. The molecule has 1 aliphatic heterocycles. The van der Waals surface area contributed by atoms with Gasteiger partial charge in [0.1, 0.15) is 18.2 Å². The Labute approximate surface area is 170 Å². The van der Waals surface area contributed by atoms with Crippen LogP contribution in [0.4, 0.5) is 0 Å². The summed E-state index contributed by atoms with van der Waals surface area (Å²) in [7, 11) is 0. The van der Waals surface area contributed by atoms with Crippen molar-refractivity contribution in [3.05, 3.63) is 71.8 Å². The van der Waals surface area contributed by atoms with Gasteiger partial charge < -0.3 is 25.0 Å². The number of alkyl halides is 1. The lowest BCUT2D eigenvalue weighted by Gasteiger charge is -2.42. The fourth-order valence-electron chi connectivity index (χ4n) is 2.95. The Morgan fingerprint density at radius 3 is 2.14 bits per heavy atom. The van der Waals surface area contributed by atoms with E-state index in [0.717, 1.165) is 0 Å². The van der Waals surface area contributed by atoms with Crippen LogP contribution in [-0.2, 0) is 9.47 Å². The molecule has 7 nitrogen and oxygen atoms in total. The molecule has 28 heavy (non-hydrogen) atoms. The Morgan fingerprint density at radius 1 is 1.00 bits per heavy atom. The summed E-state index contributed by atoms with van der Waals surface area (Å²) in [5.41, 5.74) is 0.682. The number of nitrogens with one attached hydrogen (secondary N) is 1. The van der Waals surface area contributed by atoms with Crippen LogP contribution < -0.4 is 5.32 Å². The van der Waals surface area contributed by atoms with Gasteiger partial charge in [-0.05, 0) is 24.3 Å². The van der Waals surface area contributed by atoms with Crippen LogP contribution in [0, 0.1) is 0 Å². The topological polar surface area (TPSA) is 105 Å². The number of aliphatic hydroxyl groups excluding tert-OH is 2. The molecule has 3 rings (SSSR count). The molecule has 5 atom stereocenters. The number of esters is 1. The molecule has 0 bridgehead atoms. The van der Waals surface area contributed by atoms with Crippen molar-refractivity contribution in [2.24, 2.45) is 0 Å². The Balaban J connectivity index is 1.75. The summed E-state index contributed by atoms with van der Waals surface area (Å²) in [4.78, 5) is 24.8. The fraction of sp³-hybridized carbons (Fsp3) is 0.300. The number of hydrogen-bond acceptors (Lipinski definition) is 6. The molecule has 1 fully saturated rings. The first-order valence-corrected chi connectivity index (χ1v) is 9.83. The maximum absolute atomic E-state index is 12.4. The third-order valence-electron chi connectivity index (χ3n) is 4.43. The molecule has 1 aliphatic rings. The average molecular weight is 450 g/mol. The molecule has 0 spiro atoms. The molecule has 3 N–H and O–H groups in total. The van der Waals surface area contributed by atoms with Gasteiger partial charge in [-0.3, -0.25) is 4.79 Å². The minimum Gasteiger partial charge on any atom is -0.453 e. The first kappa shape index (κ1) is 20.5. The summed E-state index contributed by atoms with van der Waals surface area (Å²) in [5.74, 6) is -1.12. The Hall–Kier alpha value is -2.26. The van der Waals surface area contributed by atoms with Crippen LogP contribution in [0.5, 0.6) is 0 Å². The van der Waals surface area contributed by atoms with Gasteiger partial charge in [0.2, 0.25) is 0 Å². The molecular formula is C20H20BrNO6. The largest absolute Gasteiger partial charge is 0.453 e. The zero-order valence-electron chi connectivity index (χ0n) is 14.8. The van der Waals surface area contributed by atoms with Crippen LogP contribution >= 0.6 is 15.9 Å². The normalized spacial score (nSPS) is 27.0. The molecule has 0 unspecified atom stereocenters. The van der Waals surface area contributed by atoms with Crippen LogP contribution in [-0.4, -0.2) is 58.1 Å². The minimum absolute atomic E-state index is 0.215. The van der Waals surface area contributed by atoms with Gasteiger partial charge in [-0.2, -0.15) is 0 Å². The van der Waals surface area contributed by atoms with Crippen molar-refractivity contribution in [2.45, 2.75) is 30.6 Å². The summed E-state index contributed by atoms with van der Waals surface area (Å²) in [6.07, 6.45) is -4.71. The number of rotatable bonds is 5. The number of benzene rings is 2. The highest BCUT2D eigenvalue weighted by molar-refractivity contribution is 9.09. The highest BCUT2D eigenvalue weighted by Gasteiger charge is 2.47. The molecule has 2 aromatic carbocycles. The predicted molar refractivity (Wildman–Crippen MR) is 104 cm³/mol. The summed E-state index contributed by atoms with van der Waals surface area (Å²) >= 11 is 3.23. The Bertz CT molecular complexity index is 803. The molecule has 0 radical (unpaired) electrons. The molecule has 8 heteroatoms. The lowest BCUT2D eigenvalue weighted by molar-refractivity contribution is -0.239. The number of hydrogen-bond donors (Lipinski definition) is 3. The number of amides is 1. The van der Waals surface area contributed by atoms with Crippen molar-refractivity contribution >= 4 is 27.8 Å². The van der Waals surface area contributed by atoms with E-state index in [4.69, 9.17) is 9.47 Å². The van der Waals surface area contributed by atoms with Gasteiger partial charge in [0.15, 0.2) is 12.4 Å². The van der Waals surface area contributed by atoms with Crippen LogP contribution in [0.1, 0.15) is 20.7 Å². The maximum atomic E-state index is 12.4. The summed E-state index contributed by atoms with van der Waals surface area (Å²) in [6, 6.07) is 15.5. The van der Waals surface area contributed by atoms with Crippen molar-refractivity contribution in [1.82, 2.24) is 5.32 Å². The predicted octanol–water partition coefficient (Wildman–Crippen LogP) is 1.48. The van der Waals surface area contributed by atoms with Crippen LogP contribution in [0.25, 0.3) is 0 Å². The van der Waals surface area contributed by atoms with Gasteiger partial charge >= 0.3 is 5.97 Å². The third kappa shape index (κ3) is 4.59. The summed E-state index contributed by atoms with van der Waals surface area (Å²) in [6.45, 7) is 0. The second kappa shape index (κ2) is 9.29. The van der Waals surface area contributed by atoms with Crippen LogP contribution in [0.15, 0.2) is 60.7 Å². The Kier molecular flexibility index (Phi) is 6.79. The van der Waals surface area contributed by atoms with Crippen molar-refractivity contribution in [3.63, 3.8) is 0 Å². The lowest BCUT2D eigenvalue weighted by Crippen LogP contribution is -2.64. The van der Waals surface area contributed by atoms with E-state index in [1.165, 1.54) is 0 Å². The average Bonchev–Trinajstić information content (AvgIpc) is 2.73. The number of aliphatic hydroxyl groups is 2. The highest BCUT2D eigenvalue weighted by atomic mass is 79.9. The molecule has 1 saturated heterocycles. The van der Waals surface area contributed by atoms with E-state index < -0.39 is 42.5 Å². The van der Waals surface area contributed by atoms with Gasteiger partial charge in [-0.25, -0.2) is 4.79 Å². The molecule has 1 heterocycles. The first-order chi connectivity index (χ1) is 13.5. The van der Waals surface area contributed by atoms with E-state index in [-0.39, 0.29) is 5.33 Å². The standard InChI is InChI=1S/C20H20BrNO6/c21-11-14-17(28-19(25)13-9-5-2-6-10-13)16(23)15(20(26)27-14)22-18(24)12-7-3-1-4-8-12/h1-10,14-17,20,23,26H,11H2,(H,22,24)/t14-,15-,16-,17-,20+/m1/s1. The number of carbonyl (C=O) groups excluding carboxylic acids is 2. The van der Waals surface area contributed by atoms with E-state index >= 15 is 0 Å². The lowest BCUT2D eigenvalue weighted by atomic mass is 9.96. The van der Waals surface area contributed by atoms with E-state index in [0.29, 0.717) is 11.1 Å². The number of halogens is 1. The van der Waals surface area contributed by atoms with Crippen LogP contribution in [0.3, 0.4) is 0 Å². The van der Waals surface area contributed by atoms with Gasteiger partial charge in [-0.1, -0.05) is 52.3 Å². The smallest absolute Gasteiger partial charge is 0.338 e. The van der Waals surface area contributed by atoms with Gasteiger partial charge in [0.05, 0.1) is 5.56 Å². The van der Waals surface area contributed by atoms with Crippen molar-refractivity contribution in [3.8, 4) is 0 Å². The van der Waals surface area contributed by atoms with Crippen LogP contribution in [0.2, 0.25) is 0 Å². The number of ether oxygens (including phenoxy) is 2. The molecule has 148 valence electrons. The van der Waals surface area contributed by atoms with E-state index in [2.05, 4.69) is 21.2 Å². The van der Waals surface area contributed by atoms with E-state index in [9.17, 15) is 19.8 Å². The molecule has 0 aliphatic carbocycles. The minimum atomic E-state index is -1.46. The van der Waals surface area contributed by atoms with Gasteiger partial charge in [0.25, 0.3) is 5.91 Å². The maximum Gasteiger partial charge on any atom is 0.338 e. The van der Waals surface area contributed by atoms with E-state index in [1.807, 2.05) is 0 Å². The van der Waals surface area contributed by atoms with Crippen molar-refractivity contribution in [2.75, 3.05) is 5.33 Å². The molecule has 0 aromatic heterocycles.